The van der Waals surface area contributed by atoms with Crippen molar-refractivity contribution < 1.29 is 19.4 Å². The van der Waals surface area contributed by atoms with Crippen molar-refractivity contribution in [2.75, 3.05) is 20.2 Å². The van der Waals surface area contributed by atoms with E-state index in [1.54, 1.807) is 19.2 Å². The number of methoxy groups -OCH3 is 1. The van der Waals surface area contributed by atoms with Gasteiger partial charge in [0.05, 0.1) is 23.6 Å². The summed E-state index contributed by atoms with van der Waals surface area (Å²) in [6.45, 7) is 3.04. The van der Waals surface area contributed by atoms with Crippen LogP contribution in [0, 0.1) is 6.92 Å². The second kappa shape index (κ2) is 9.31. The Morgan fingerprint density at radius 3 is 2.62 bits per heavy atom. The van der Waals surface area contributed by atoms with E-state index in [4.69, 9.17) is 4.74 Å². The molecule has 2 N–H and O–H groups in total. The largest absolute Gasteiger partial charge is 0.506 e. The Morgan fingerprint density at radius 1 is 1.24 bits per heavy atom. The lowest BCUT2D eigenvalue weighted by atomic mass is 10.0. The van der Waals surface area contributed by atoms with E-state index in [2.05, 4.69) is 21.2 Å². The van der Waals surface area contributed by atoms with Crippen molar-refractivity contribution in [3.8, 4) is 11.5 Å². The molecule has 1 aliphatic rings. The fourth-order valence-corrected chi connectivity index (χ4v) is 4.14. The maximum Gasteiger partial charge on any atom is 0.255 e. The number of piperidine rings is 1. The number of amides is 2. The minimum Gasteiger partial charge on any atom is -0.506 e. The number of likely N-dealkylation sites (tertiary alicyclic amines) is 1. The number of para-hydroxylation sites is 1. The Morgan fingerprint density at radius 2 is 1.93 bits per heavy atom. The van der Waals surface area contributed by atoms with Gasteiger partial charge in [-0.05, 0) is 59.5 Å². The molecule has 0 saturated carbocycles. The number of hydrogen-bond acceptors (Lipinski definition) is 4. The first kappa shape index (κ1) is 21.2. The highest BCUT2D eigenvalue weighted by Crippen LogP contribution is 2.29. The van der Waals surface area contributed by atoms with Crippen LogP contribution in [0.3, 0.4) is 0 Å². The fraction of sp³-hybridized carbons (Fsp3) is 0.364. The summed E-state index contributed by atoms with van der Waals surface area (Å²) < 4.78 is 5.82. The lowest BCUT2D eigenvalue weighted by Crippen LogP contribution is -2.47. The molecule has 7 heteroatoms. The summed E-state index contributed by atoms with van der Waals surface area (Å²) in [7, 11) is 1.60. The van der Waals surface area contributed by atoms with E-state index >= 15 is 0 Å². The topological polar surface area (TPSA) is 78.9 Å². The summed E-state index contributed by atoms with van der Waals surface area (Å²) in [6.07, 6.45) is 1.65. The number of benzene rings is 2. The van der Waals surface area contributed by atoms with E-state index in [-0.39, 0.29) is 29.2 Å². The van der Waals surface area contributed by atoms with Gasteiger partial charge in [0, 0.05) is 24.7 Å². The first-order valence-electron chi connectivity index (χ1n) is 9.58. The summed E-state index contributed by atoms with van der Waals surface area (Å²) >= 11 is 3.27. The fourth-order valence-electron chi connectivity index (χ4n) is 3.57. The summed E-state index contributed by atoms with van der Waals surface area (Å²) in [5.74, 6) is 0.412. The number of nitrogens with zero attached hydrogens (tertiary/aromatic N) is 1. The third-order valence-corrected chi connectivity index (χ3v) is 5.77. The smallest absolute Gasteiger partial charge is 0.255 e. The van der Waals surface area contributed by atoms with Crippen molar-refractivity contribution in [3.05, 3.63) is 57.6 Å². The number of nitrogens with one attached hydrogen (secondary N) is 1. The quantitative estimate of drug-likeness (QED) is 0.715. The van der Waals surface area contributed by atoms with Gasteiger partial charge in [-0.3, -0.25) is 9.59 Å². The molecular weight excluding hydrogens is 436 g/mol. The molecule has 1 heterocycles. The summed E-state index contributed by atoms with van der Waals surface area (Å²) in [5, 5.41) is 13.1. The van der Waals surface area contributed by atoms with Gasteiger partial charge in [0.25, 0.3) is 5.91 Å². The van der Waals surface area contributed by atoms with Crippen molar-refractivity contribution in [2.24, 2.45) is 0 Å². The molecule has 3 rings (SSSR count). The van der Waals surface area contributed by atoms with Crippen LogP contribution in [0.25, 0.3) is 0 Å². The second-order valence-electron chi connectivity index (χ2n) is 7.26. The Bertz CT molecular complexity index is 908. The molecule has 1 saturated heterocycles. The highest BCUT2D eigenvalue weighted by atomic mass is 79.9. The standard InChI is InChI=1S/C22H25BrN2O4/c1-14-11-17(21(27)18(23)12-14)22(28)24-16-7-9-25(10-8-16)20(26)13-15-5-3-4-6-19(15)29-2/h3-6,11-12,16,27H,7-10,13H2,1-2H3,(H,24,28). The number of carbonyl (C=O) groups is 2. The van der Waals surface area contributed by atoms with Gasteiger partial charge in [0.2, 0.25) is 5.91 Å². The zero-order valence-electron chi connectivity index (χ0n) is 16.6. The first-order valence-corrected chi connectivity index (χ1v) is 10.4. The molecule has 0 aromatic heterocycles. The molecule has 1 fully saturated rings. The van der Waals surface area contributed by atoms with Crippen molar-refractivity contribution in [2.45, 2.75) is 32.2 Å². The normalized spacial score (nSPS) is 14.5. The Balaban J connectivity index is 1.55. The molecule has 154 valence electrons. The predicted octanol–water partition coefficient (Wildman–Crippen LogP) is 3.44. The molecule has 6 nitrogen and oxygen atoms in total. The van der Waals surface area contributed by atoms with Gasteiger partial charge in [0.1, 0.15) is 11.5 Å². The Labute approximate surface area is 179 Å². The maximum absolute atomic E-state index is 12.7. The number of ether oxygens (including phenoxy) is 1. The summed E-state index contributed by atoms with van der Waals surface area (Å²) in [6, 6.07) is 10.9. The van der Waals surface area contributed by atoms with Crippen LogP contribution in [0.1, 0.15) is 34.3 Å². The van der Waals surface area contributed by atoms with Gasteiger partial charge >= 0.3 is 0 Å². The van der Waals surface area contributed by atoms with E-state index in [0.29, 0.717) is 42.6 Å². The molecular formula is C22H25BrN2O4. The van der Waals surface area contributed by atoms with E-state index in [0.717, 1.165) is 11.1 Å². The van der Waals surface area contributed by atoms with Gasteiger partial charge < -0.3 is 20.1 Å². The van der Waals surface area contributed by atoms with Crippen LogP contribution in [0.15, 0.2) is 40.9 Å². The highest BCUT2D eigenvalue weighted by molar-refractivity contribution is 9.10. The van der Waals surface area contributed by atoms with E-state index in [9.17, 15) is 14.7 Å². The molecule has 29 heavy (non-hydrogen) atoms. The van der Waals surface area contributed by atoms with Crippen LogP contribution in [-0.2, 0) is 11.2 Å². The average molecular weight is 461 g/mol. The first-order chi connectivity index (χ1) is 13.9. The highest BCUT2D eigenvalue weighted by Gasteiger charge is 2.25. The lowest BCUT2D eigenvalue weighted by Gasteiger charge is -2.32. The minimum absolute atomic E-state index is 0.0310. The molecule has 0 atom stereocenters. The SMILES string of the molecule is COc1ccccc1CC(=O)N1CCC(NC(=O)c2cc(C)cc(Br)c2O)CC1. The van der Waals surface area contributed by atoms with Gasteiger partial charge in [-0.15, -0.1) is 0 Å². The number of hydrogen-bond donors (Lipinski definition) is 2. The number of aryl methyl sites for hydroxylation is 1. The molecule has 0 aliphatic carbocycles. The summed E-state index contributed by atoms with van der Waals surface area (Å²) in [5.41, 5.74) is 2.01. The predicted molar refractivity (Wildman–Crippen MR) is 114 cm³/mol. The van der Waals surface area contributed by atoms with Gasteiger partial charge in [-0.25, -0.2) is 0 Å². The molecule has 0 spiro atoms. The van der Waals surface area contributed by atoms with Crippen LogP contribution in [0.2, 0.25) is 0 Å². The molecule has 2 amide bonds. The third-order valence-electron chi connectivity index (χ3n) is 5.17. The zero-order valence-corrected chi connectivity index (χ0v) is 18.2. The molecule has 0 bridgehead atoms. The number of phenols is 1. The maximum atomic E-state index is 12.7. The number of aromatic hydroxyl groups is 1. The zero-order chi connectivity index (χ0) is 21.0. The number of halogens is 1. The van der Waals surface area contributed by atoms with Crippen LogP contribution >= 0.6 is 15.9 Å². The van der Waals surface area contributed by atoms with E-state index in [1.807, 2.05) is 36.1 Å². The summed E-state index contributed by atoms with van der Waals surface area (Å²) in [4.78, 5) is 27.1. The second-order valence-corrected chi connectivity index (χ2v) is 8.11. The van der Waals surface area contributed by atoms with Gasteiger partial charge in [-0.2, -0.15) is 0 Å². The van der Waals surface area contributed by atoms with Crippen molar-refractivity contribution in [1.29, 1.82) is 0 Å². The van der Waals surface area contributed by atoms with Crippen LogP contribution in [0.5, 0.6) is 11.5 Å². The van der Waals surface area contributed by atoms with Crippen LogP contribution in [0.4, 0.5) is 0 Å². The van der Waals surface area contributed by atoms with Crippen LogP contribution in [-0.4, -0.2) is 48.1 Å². The number of rotatable bonds is 5. The van der Waals surface area contributed by atoms with Gasteiger partial charge in [-0.1, -0.05) is 18.2 Å². The molecule has 0 unspecified atom stereocenters. The van der Waals surface area contributed by atoms with Crippen molar-refractivity contribution in [3.63, 3.8) is 0 Å². The Kier molecular flexibility index (Phi) is 6.79. The lowest BCUT2D eigenvalue weighted by molar-refractivity contribution is -0.131. The minimum atomic E-state index is -0.300. The molecule has 0 radical (unpaired) electrons. The molecule has 2 aromatic carbocycles. The van der Waals surface area contributed by atoms with Crippen LogP contribution < -0.4 is 10.1 Å². The third kappa shape index (κ3) is 5.09. The number of carbonyl (C=O) groups excluding carboxylic acids is 2. The average Bonchev–Trinajstić information content (AvgIpc) is 2.71. The van der Waals surface area contributed by atoms with E-state index < -0.39 is 0 Å². The van der Waals surface area contributed by atoms with Crippen molar-refractivity contribution in [1.82, 2.24) is 10.2 Å². The Hall–Kier alpha value is -2.54. The number of phenolic OH excluding ortho intramolecular Hbond substituents is 1. The van der Waals surface area contributed by atoms with Crippen molar-refractivity contribution >= 4 is 27.7 Å². The molecule has 2 aromatic rings. The monoisotopic (exact) mass is 460 g/mol. The molecule has 1 aliphatic heterocycles. The van der Waals surface area contributed by atoms with E-state index in [1.165, 1.54) is 0 Å². The van der Waals surface area contributed by atoms with Gasteiger partial charge in [0.15, 0.2) is 0 Å².